The molecule has 1 amide bonds. The van der Waals surface area contributed by atoms with Crippen LogP contribution in [0.25, 0.3) is 0 Å². The van der Waals surface area contributed by atoms with Crippen LogP contribution in [0.4, 0.5) is 0 Å². The van der Waals surface area contributed by atoms with Crippen LogP contribution in [0.5, 0.6) is 0 Å². The maximum atomic E-state index is 11.8. The topological polar surface area (TPSA) is 79.3 Å². The van der Waals surface area contributed by atoms with Crippen LogP contribution >= 0.6 is 11.3 Å². The van der Waals surface area contributed by atoms with Crippen LogP contribution in [-0.4, -0.2) is 28.5 Å². The second kappa shape index (κ2) is 6.14. The first-order valence-electron chi connectivity index (χ1n) is 6.54. The third-order valence-corrected chi connectivity index (χ3v) is 4.35. The van der Waals surface area contributed by atoms with Crippen LogP contribution < -0.4 is 5.32 Å². The number of carbonyl (C=O) groups excluding carboxylic acids is 1. The Morgan fingerprint density at radius 3 is 2.53 bits per heavy atom. The lowest BCUT2D eigenvalue weighted by atomic mass is 9.80. The highest BCUT2D eigenvalue weighted by atomic mass is 32.1. The van der Waals surface area contributed by atoms with Crippen molar-refractivity contribution in [3.63, 3.8) is 0 Å². The van der Waals surface area contributed by atoms with Crippen molar-refractivity contribution in [1.29, 1.82) is 0 Å². The van der Waals surface area contributed by atoms with Gasteiger partial charge in [-0.05, 0) is 12.8 Å². The van der Waals surface area contributed by atoms with E-state index in [-0.39, 0.29) is 12.5 Å². The van der Waals surface area contributed by atoms with Gasteiger partial charge in [-0.25, -0.2) is 4.98 Å². The van der Waals surface area contributed by atoms with Gasteiger partial charge in [0.15, 0.2) is 0 Å². The molecule has 1 aromatic heterocycles. The number of amides is 1. The lowest BCUT2D eigenvalue weighted by Crippen LogP contribution is -2.43. The van der Waals surface area contributed by atoms with Crippen molar-refractivity contribution in [1.82, 2.24) is 10.3 Å². The molecule has 104 valence electrons. The molecule has 1 fully saturated rings. The molecule has 6 heteroatoms. The Morgan fingerprint density at radius 1 is 1.32 bits per heavy atom. The number of carbonyl (C=O) groups is 2. The van der Waals surface area contributed by atoms with Crippen LogP contribution in [0.2, 0.25) is 0 Å². The number of carboxylic acids is 1. The molecular weight excluding hydrogens is 264 g/mol. The van der Waals surface area contributed by atoms with Gasteiger partial charge < -0.3 is 10.4 Å². The van der Waals surface area contributed by atoms with Gasteiger partial charge in [0.25, 0.3) is 5.91 Å². The normalized spacial score (nSPS) is 18.5. The highest BCUT2D eigenvalue weighted by Crippen LogP contribution is 2.34. The predicted molar refractivity (Wildman–Crippen MR) is 72.2 cm³/mol. The van der Waals surface area contributed by atoms with Crippen molar-refractivity contribution in [2.24, 2.45) is 5.41 Å². The first-order chi connectivity index (χ1) is 9.14. The molecule has 0 aromatic carbocycles. The number of hydrogen-bond donors (Lipinski definition) is 2. The maximum Gasteiger partial charge on any atom is 0.311 e. The van der Waals surface area contributed by atoms with E-state index in [2.05, 4.69) is 10.3 Å². The van der Waals surface area contributed by atoms with Crippen LogP contribution in [0.1, 0.15) is 49.0 Å². The van der Waals surface area contributed by atoms with E-state index in [4.69, 9.17) is 0 Å². The molecule has 0 unspecified atom stereocenters. The second-order valence-electron chi connectivity index (χ2n) is 5.06. The Morgan fingerprint density at radius 2 is 2.00 bits per heavy atom. The van der Waals surface area contributed by atoms with Crippen molar-refractivity contribution in [3.05, 3.63) is 16.6 Å². The molecule has 19 heavy (non-hydrogen) atoms. The van der Waals surface area contributed by atoms with E-state index in [0.717, 1.165) is 25.7 Å². The van der Waals surface area contributed by atoms with Crippen molar-refractivity contribution >= 4 is 23.2 Å². The van der Waals surface area contributed by atoms with Gasteiger partial charge in [-0.15, -0.1) is 11.3 Å². The van der Waals surface area contributed by atoms with Crippen LogP contribution in [0.15, 0.2) is 10.9 Å². The number of hydrogen-bond acceptors (Lipinski definition) is 4. The summed E-state index contributed by atoms with van der Waals surface area (Å²) in [5.74, 6) is -1.08. The van der Waals surface area contributed by atoms with Crippen molar-refractivity contribution in [2.45, 2.75) is 38.5 Å². The van der Waals surface area contributed by atoms with E-state index in [9.17, 15) is 14.7 Å². The number of carboxylic acid groups (broad SMARTS) is 1. The highest BCUT2D eigenvalue weighted by Gasteiger charge is 2.38. The Bertz CT molecular complexity index is 437. The molecule has 1 aromatic rings. The van der Waals surface area contributed by atoms with E-state index >= 15 is 0 Å². The van der Waals surface area contributed by atoms with Gasteiger partial charge in [0.2, 0.25) is 0 Å². The average molecular weight is 282 g/mol. The van der Waals surface area contributed by atoms with E-state index in [1.807, 2.05) is 0 Å². The zero-order valence-electron chi connectivity index (χ0n) is 10.7. The zero-order chi connectivity index (χ0) is 13.7. The fraction of sp³-hybridized carbons (Fsp3) is 0.615. The molecule has 0 saturated heterocycles. The Labute approximate surface area is 116 Å². The smallest absolute Gasteiger partial charge is 0.311 e. The van der Waals surface area contributed by atoms with Gasteiger partial charge in [0.05, 0.1) is 10.9 Å². The highest BCUT2D eigenvalue weighted by molar-refractivity contribution is 7.07. The standard InChI is InChI=1S/C13H18N2O3S/c16-11(10-7-19-9-15-10)14-8-13(12(17)18)5-3-1-2-4-6-13/h7,9H,1-6,8H2,(H,14,16)(H,17,18). The molecule has 1 aliphatic rings. The Balaban J connectivity index is 2.00. The van der Waals surface area contributed by atoms with Gasteiger partial charge >= 0.3 is 5.97 Å². The maximum absolute atomic E-state index is 11.8. The minimum Gasteiger partial charge on any atom is -0.481 e. The van der Waals surface area contributed by atoms with Gasteiger partial charge in [0.1, 0.15) is 5.69 Å². The number of thiazole rings is 1. The number of rotatable bonds is 4. The summed E-state index contributed by atoms with van der Waals surface area (Å²) in [4.78, 5) is 27.3. The molecule has 0 spiro atoms. The molecule has 5 nitrogen and oxygen atoms in total. The predicted octanol–water partition coefficient (Wildman–Crippen LogP) is 2.30. The molecular formula is C13H18N2O3S. The minimum atomic E-state index is -0.803. The van der Waals surface area contributed by atoms with E-state index in [1.165, 1.54) is 11.3 Å². The summed E-state index contributed by atoms with van der Waals surface area (Å²) in [6.45, 7) is 0.193. The number of aromatic nitrogens is 1. The van der Waals surface area contributed by atoms with E-state index in [1.54, 1.807) is 10.9 Å². The SMILES string of the molecule is O=C(NCC1(C(=O)O)CCCCCC1)c1cscn1. The Kier molecular flexibility index (Phi) is 4.52. The summed E-state index contributed by atoms with van der Waals surface area (Å²) < 4.78 is 0. The first kappa shape index (κ1) is 14.0. The third-order valence-electron chi connectivity index (χ3n) is 3.77. The van der Waals surface area contributed by atoms with E-state index in [0.29, 0.717) is 18.5 Å². The minimum absolute atomic E-state index is 0.193. The molecule has 2 N–H and O–H groups in total. The zero-order valence-corrected chi connectivity index (χ0v) is 11.5. The second-order valence-corrected chi connectivity index (χ2v) is 5.77. The first-order valence-corrected chi connectivity index (χ1v) is 7.48. The summed E-state index contributed by atoms with van der Waals surface area (Å²) >= 11 is 1.35. The molecule has 0 atom stereocenters. The number of nitrogens with one attached hydrogen (secondary N) is 1. The van der Waals surface area contributed by atoms with Gasteiger partial charge in [-0.3, -0.25) is 9.59 Å². The lowest BCUT2D eigenvalue weighted by Gasteiger charge is -2.28. The molecule has 1 saturated carbocycles. The van der Waals surface area contributed by atoms with Gasteiger partial charge in [0, 0.05) is 11.9 Å². The Hall–Kier alpha value is -1.43. The summed E-state index contributed by atoms with van der Waals surface area (Å²) in [7, 11) is 0. The van der Waals surface area contributed by atoms with Crippen molar-refractivity contribution in [3.8, 4) is 0 Å². The molecule has 2 rings (SSSR count). The fourth-order valence-corrected chi connectivity index (χ4v) is 3.07. The molecule has 0 bridgehead atoms. The summed E-state index contributed by atoms with van der Waals surface area (Å²) in [5, 5.41) is 13.9. The van der Waals surface area contributed by atoms with Crippen LogP contribution in [0.3, 0.4) is 0 Å². The number of aliphatic carboxylic acids is 1. The van der Waals surface area contributed by atoms with Gasteiger partial charge in [-0.2, -0.15) is 0 Å². The largest absolute Gasteiger partial charge is 0.481 e. The summed E-state index contributed by atoms with van der Waals surface area (Å²) in [5.41, 5.74) is 1.15. The monoisotopic (exact) mass is 282 g/mol. The molecule has 1 heterocycles. The lowest BCUT2D eigenvalue weighted by molar-refractivity contribution is -0.149. The summed E-state index contributed by atoms with van der Waals surface area (Å²) in [6, 6.07) is 0. The molecule has 1 aliphatic carbocycles. The average Bonchev–Trinajstić information content (AvgIpc) is 2.82. The van der Waals surface area contributed by atoms with Crippen molar-refractivity contribution in [2.75, 3.05) is 6.54 Å². The fourth-order valence-electron chi connectivity index (χ4n) is 2.54. The third kappa shape index (κ3) is 3.32. The molecule has 0 radical (unpaired) electrons. The quantitative estimate of drug-likeness (QED) is 0.830. The van der Waals surface area contributed by atoms with E-state index < -0.39 is 11.4 Å². The van der Waals surface area contributed by atoms with Crippen LogP contribution in [0, 0.1) is 5.41 Å². The summed E-state index contributed by atoms with van der Waals surface area (Å²) in [6.07, 6.45) is 5.27. The molecule has 0 aliphatic heterocycles. The van der Waals surface area contributed by atoms with Gasteiger partial charge in [-0.1, -0.05) is 25.7 Å². The van der Waals surface area contributed by atoms with Crippen molar-refractivity contribution < 1.29 is 14.7 Å². The number of nitrogens with zero attached hydrogens (tertiary/aromatic N) is 1. The van der Waals surface area contributed by atoms with Crippen LogP contribution in [-0.2, 0) is 4.79 Å².